The van der Waals surface area contributed by atoms with E-state index in [4.69, 9.17) is 0 Å². The molecule has 0 saturated heterocycles. The van der Waals surface area contributed by atoms with Crippen molar-refractivity contribution < 1.29 is 0 Å². The molecule has 236 valence electrons. The van der Waals surface area contributed by atoms with Gasteiger partial charge in [0, 0.05) is 35.4 Å². The maximum absolute atomic E-state index is 2.56. The predicted molar refractivity (Wildman–Crippen MR) is 213 cm³/mol. The lowest BCUT2D eigenvalue weighted by molar-refractivity contribution is 0.731. The first-order valence-corrected chi connectivity index (χ1v) is 18.9. The number of aryl methyl sites for hydroxylation is 4. The van der Waals surface area contributed by atoms with Crippen molar-refractivity contribution in [1.82, 2.24) is 0 Å². The van der Waals surface area contributed by atoms with Gasteiger partial charge in [-0.15, -0.1) is 22.7 Å². The highest BCUT2D eigenvalue weighted by atomic mass is 32.1. The van der Waals surface area contributed by atoms with Crippen molar-refractivity contribution in [2.75, 3.05) is 4.90 Å². The van der Waals surface area contributed by atoms with Crippen LogP contribution in [0, 0.1) is 20.8 Å². The van der Waals surface area contributed by atoms with E-state index in [2.05, 4.69) is 159 Å². The molecule has 0 unspecified atom stereocenters. The molecule has 2 aliphatic rings. The van der Waals surface area contributed by atoms with Crippen LogP contribution in [0.15, 0.2) is 127 Å². The molecule has 49 heavy (non-hydrogen) atoms. The van der Waals surface area contributed by atoms with Gasteiger partial charge >= 0.3 is 0 Å². The molecule has 3 heteroatoms. The second-order valence-electron chi connectivity index (χ2n) is 13.9. The average Bonchev–Trinajstić information content (AvgIpc) is 3.69. The van der Waals surface area contributed by atoms with Gasteiger partial charge in [0.25, 0.3) is 0 Å². The van der Waals surface area contributed by atoms with Crippen LogP contribution in [-0.4, -0.2) is 0 Å². The van der Waals surface area contributed by atoms with Crippen LogP contribution < -0.4 is 4.90 Å². The van der Waals surface area contributed by atoms with Crippen molar-refractivity contribution in [1.29, 1.82) is 0 Å². The van der Waals surface area contributed by atoms with E-state index in [1.54, 1.807) is 0 Å². The summed E-state index contributed by atoms with van der Waals surface area (Å²) in [5.41, 5.74) is 13.7. The van der Waals surface area contributed by atoms with Gasteiger partial charge in [-0.25, -0.2) is 0 Å². The van der Waals surface area contributed by atoms with Gasteiger partial charge in [-0.2, -0.15) is 0 Å². The molecule has 0 radical (unpaired) electrons. The van der Waals surface area contributed by atoms with Crippen molar-refractivity contribution in [3.05, 3.63) is 177 Å². The molecule has 1 nitrogen and oxygen atoms in total. The Bertz CT molecular complexity index is 2600. The summed E-state index contributed by atoms with van der Waals surface area (Å²) < 4.78 is 4.05. The first kappa shape index (κ1) is 29.0. The van der Waals surface area contributed by atoms with Crippen LogP contribution in [0.25, 0.3) is 36.3 Å². The topological polar surface area (TPSA) is 3.24 Å². The van der Waals surface area contributed by atoms with Gasteiger partial charge in [-0.3, -0.25) is 0 Å². The Kier molecular flexibility index (Phi) is 6.37. The van der Waals surface area contributed by atoms with E-state index in [1.165, 1.54) is 96.7 Å². The van der Waals surface area contributed by atoms with Gasteiger partial charge in [0.05, 0.1) is 16.8 Å². The lowest BCUT2D eigenvalue weighted by Crippen LogP contribution is -2.38. The minimum Gasteiger partial charge on any atom is -0.310 e. The molecule has 6 aromatic carbocycles. The van der Waals surface area contributed by atoms with Crippen LogP contribution in [-0.2, 0) is 11.8 Å². The Labute approximate surface area is 295 Å². The summed E-state index contributed by atoms with van der Waals surface area (Å²) in [7, 11) is 0. The summed E-state index contributed by atoms with van der Waals surface area (Å²) in [5, 5.41) is 4.08. The minimum absolute atomic E-state index is 0.547. The van der Waals surface area contributed by atoms with Crippen LogP contribution in [0.3, 0.4) is 0 Å². The van der Waals surface area contributed by atoms with Gasteiger partial charge < -0.3 is 4.90 Å². The zero-order chi connectivity index (χ0) is 32.9. The SMILES string of the molecule is Cc1ccc(N2c3ccc(C)cc3C(c3ccc4sc5c(c4c3)CCC=C5)(c3ccc4sc5ccccc5c4c3)c3cc(C)ccc32)cc1. The molecule has 3 heterocycles. The normalized spacial score (nSPS) is 14.7. The molecule has 0 amide bonds. The van der Waals surface area contributed by atoms with E-state index in [0.29, 0.717) is 0 Å². The van der Waals surface area contributed by atoms with Gasteiger partial charge in [-0.1, -0.05) is 89.5 Å². The molecule has 0 saturated carbocycles. The Morgan fingerprint density at radius 1 is 0.551 bits per heavy atom. The fraction of sp³-hybridized carbons (Fsp3) is 0.130. The summed E-state index contributed by atoms with van der Waals surface area (Å²) >= 11 is 3.83. The average molecular weight is 666 g/mol. The number of thiophene rings is 2. The van der Waals surface area contributed by atoms with Crippen LogP contribution in [0.4, 0.5) is 17.1 Å². The van der Waals surface area contributed by atoms with E-state index < -0.39 is 5.41 Å². The van der Waals surface area contributed by atoms with Crippen molar-refractivity contribution in [2.24, 2.45) is 0 Å². The van der Waals surface area contributed by atoms with E-state index in [-0.39, 0.29) is 0 Å². The van der Waals surface area contributed by atoms with E-state index >= 15 is 0 Å². The molecule has 1 aliphatic carbocycles. The van der Waals surface area contributed by atoms with Crippen molar-refractivity contribution in [3.8, 4) is 0 Å². The van der Waals surface area contributed by atoms with Crippen LogP contribution in [0.5, 0.6) is 0 Å². The van der Waals surface area contributed by atoms with Crippen molar-refractivity contribution in [3.63, 3.8) is 0 Å². The molecule has 0 spiro atoms. The zero-order valence-electron chi connectivity index (χ0n) is 27.9. The summed E-state index contributed by atoms with van der Waals surface area (Å²) in [4.78, 5) is 3.91. The lowest BCUT2D eigenvalue weighted by atomic mass is 9.61. The molecular formula is C46H35NS2. The Morgan fingerprint density at radius 3 is 1.88 bits per heavy atom. The third kappa shape index (κ3) is 4.22. The minimum atomic E-state index is -0.547. The fourth-order valence-electron chi connectivity index (χ4n) is 8.50. The standard InChI is InChI=1S/C46H35NS2/c1-28-12-18-33(19-13-28)47-40-20-14-29(2)24-38(40)46(39-25-30(3)15-21-41(39)47,31-16-22-44-36(26-31)34-8-4-6-10-42(34)48-44)32-17-23-45-37(27-32)35-9-5-7-11-43(35)49-45/h4,6-8,10-27H,5,9H2,1-3H3. The molecule has 1 aliphatic heterocycles. The smallest absolute Gasteiger partial charge is 0.0742 e. The van der Waals surface area contributed by atoms with Crippen LogP contribution in [0.2, 0.25) is 0 Å². The number of fused-ring (bicyclic) bond motifs is 8. The molecule has 0 fully saturated rings. The third-order valence-electron chi connectivity index (χ3n) is 10.8. The second-order valence-corrected chi connectivity index (χ2v) is 16.0. The van der Waals surface area contributed by atoms with Crippen LogP contribution in [0.1, 0.15) is 55.8 Å². The first-order valence-electron chi connectivity index (χ1n) is 17.2. The number of allylic oxidation sites excluding steroid dienone is 1. The summed E-state index contributed by atoms with van der Waals surface area (Å²) in [6.45, 7) is 6.65. The third-order valence-corrected chi connectivity index (χ3v) is 13.1. The molecule has 0 atom stereocenters. The van der Waals surface area contributed by atoms with Gasteiger partial charge in [-0.05, 0) is 127 Å². The van der Waals surface area contributed by atoms with Crippen LogP contribution >= 0.6 is 22.7 Å². The Morgan fingerprint density at radius 2 is 1.16 bits per heavy atom. The number of rotatable bonds is 3. The van der Waals surface area contributed by atoms with Crippen molar-refractivity contribution >= 4 is 76.1 Å². The van der Waals surface area contributed by atoms with Crippen molar-refractivity contribution in [2.45, 2.75) is 39.0 Å². The van der Waals surface area contributed by atoms with Gasteiger partial charge in [0.15, 0.2) is 0 Å². The maximum atomic E-state index is 2.56. The second kappa shape index (κ2) is 10.8. The highest BCUT2D eigenvalue weighted by molar-refractivity contribution is 7.25. The molecule has 0 N–H and O–H groups in total. The molecule has 0 bridgehead atoms. The highest BCUT2D eigenvalue weighted by Gasteiger charge is 2.47. The number of hydrogen-bond donors (Lipinski definition) is 0. The monoisotopic (exact) mass is 665 g/mol. The zero-order valence-corrected chi connectivity index (χ0v) is 29.5. The number of hydrogen-bond acceptors (Lipinski definition) is 3. The summed E-state index contributed by atoms with van der Waals surface area (Å²) in [6.07, 6.45) is 6.87. The quantitative estimate of drug-likeness (QED) is 0.182. The molecular weight excluding hydrogens is 631 g/mol. The lowest BCUT2D eigenvalue weighted by Gasteiger charge is -2.47. The van der Waals surface area contributed by atoms with E-state index in [0.717, 1.165) is 12.8 Å². The maximum Gasteiger partial charge on any atom is 0.0742 e. The van der Waals surface area contributed by atoms with Gasteiger partial charge in [0.1, 0.15) is 0 Å². The number of anilines is 3. The predicted octanol–water partition coefficient (Wildman–Crippen LogP) is 13.3. The number of benzene rings is 6. The summed E-state index contributed by atoms with van der Waals surface area (Å²) in [6, 6.07) is 46.8. The van der Waals surface area contributed by atoms with E-state index in [9.17, 15) is 0 Å². The van der Waals surface area contributed by atoms with E-state index in [1.807, 2.05) is 22.7 Å². The largest absolute Gasteiger partial charge is 0.310 e. The molecule has 8 aromatic rings. The summed E-state index contributed by atoms with van der Waals surface area (Å²) in [5.74, 6) is 0. The Hall–Kier alpha value is -4.96. The van der Waals surface area contributed by atoms with Gasteiger partial charge in [0.2, 0.25) is 0 Å². The fourth-order valence-corrected chi connectivity index (χ4v) is 10.7. The Balaban J connectivity index is 1.37. The number of nitrogens with zero attached hydrogens (tertiary/aromatic N) is 1. The molecule has 2 aromatic heterocycles. The highest BCUT2D eigenvalue weighted by Crippen LogP contribution is 2.59. The first-order chi connectivity index (χ1) is 24.0. The molecule has 10 rings (SSSR count).